The first-order chi connectivity index (χ1) is 7.75. The van der Waals surface area contributed by atoms with Gasteiger partial charge in [-0.3, -0.25) is 0 Å². The van der Waals surface area contributed by atoms with Crippen molar-refractivity contribution in [3.05, 3.63) is 39.7 Å². The van der Waals surface area contributed by atoms with E-state index in [1.165, 1.54) is 5.56 Å². The Morgan fingerprint density at radius 1 is 1.50 bits per heavy atom. The molecular formula is C10H9ClFN3S. The van der Waals surface area contributed by atoms with Gasteiger partial charge in [-0.25, -0.2) is 9.37 Å². The number of thiophene rings is 1. The number of hydrogen-bond acceptors (Lipinski definition) is 4. The maximum Gasteiger partial charge on any atom is 0.224 e. The van der Waals surface area contributed by atoms with Crippen molar-refractivity contribution in [2.24, 2.45) is 0 Å². The van der Waals surface area contributed by atoms with Gasteiger partial charge in [0.1, 0.15) is 0 Å². The Hall–Kier alpha value is -1.20. The summed E-state index contributed by atoms with van der Waals surface area (Å²) in [5.41, 5.74) is 1.22. The molecule has 1 N–H and O–H groups in total. The van der Waals surface area contributed by atoms with Crippen LogP contribution < -0.4 is 5.32 Å². The van der Waals surface area contributed by atoms with Crippen LogP contribution in [0.2, 0.25) is 5.28 Å². The monoisotopic (exact) mass is 257 g/mol. The minimum atomic E-state index is -0.491. The lowest BCUT2D eigenvalue weighted by Crippen LogP contribution is -2.08. The van der Waals surface area contributed by atoms with Gasteiger partial charge in [0, 0.05) is 6.54 Å². The van der Waals surface area contributed by atoms with E-state index in [9.17, 15) is 4.39 Å². The Morgan fingerprint density at radius 3 is 3.12 bits per heavy atom. The quantitative estimate of drug-likeness (QED) is 0.856. The fraction of sp³-hybridized carbons (Fsp3) is 0.200. The second kappa shape index (κ2) is 5.23. The summed E-state index contributed by atoms with van der Waals surface area (Å²) < 4.78 is 13.2. The summed E-state index contributed by atoms with van der Waals surface area (Å²) >= 11 is 7.21. The van der Waals surface area contributed by atoms with Crippen molar-refractivity contribution in [2.45, 2.75) is 6.42 Å². The molecule has 0 saturated carbocycles. The van der Waals surface area contributed by atoms with Crippen LogP contribution in [0.1, 0.15) is 5.56 Å². The van der Waals surface area contributed by atoms with Crippen LogP contribution in [0.5, 0.6) is 0 Å². The van der Waals surface area contributed by atoms with Crippen molar-refractivity contribution in [1.29, 1.82) is 0 Å². The zero-order valence-corrected chi connectivity index (χ0v) is 9.85. The van der Waals surface area contributed by atoms with Crippen LogP contribution in [0.25, 0.3) is 0 Å². The lowest BCUT2D eigenvalue weighted by atomic mass is 10.2. The predicted molar refractivity (Wildman–Crippen MR) is 63.5 cm³/mol. The highest BCUT2D eigenvalue weighted by molar-refractivity contribution is 7.07. The van der Waals surface area contributed by atoms with Gasteiger partial charge in [0.15, 0.2) is 11.6 Å². The van der Waals surface area contributed by atoms with Gasteiger partial charge in [0.25, 0.3) is 0 Å². The summed E-state index contributed by atoms with van der Waals surface area (Å²) in [6.07, 6.45) is 1.88. The molecule has 0 fully saturated rings. The smallest absolute Gasteiger partial charge is 0.224 e. The van der Waals surface area contributed by atoms with E-state index in [1.54, 1.807) is 11.3 Å². The van der Waals surface area contributed by atoms with Crippen molar-refractivity contribution in [3.63, 3.8) is 0 Å². The maximum absolute atomic E-state index is 13.2. The van der Waals surface area contributed by atoms with Crippen LogP contribution >= 0.6 is 22.9 Å². The third kappa shape index (κ3) is 2.90. The lowest BCUT2D eigenvalue weighted by Gasteiger charge is -2.05. The molecule has 0 radical (unpaired) electrons. The summed E-state index contributed by atoms with van der Waals surface area (Å²) in [7, 11) is 0. The number of aromatic nitrogens is 2. The van der Waals surface area contributed by atoms with Gasteiger partial charge in [-0.05, 0) is 40.4 Å². The molecule has 2 aromatic heterocycles. The minimum absolute atomic E-state index is 0.0411. The largest absolute Gasteiger partial charge is 0.367 e. The topological polar surface area (TPSA) is 37.8 Å². The Labute approximate surface area is 101 Å². The Balaban J connectivity index is 1.92. The van der Waals surface area contributed by atoms with E-state index in [-0.39, 0.29) is 11.1 Å². The number of rotatable bonds is 4. The normalized spacial score (nSPS) is 10.4. The molecule has 0 aromatic carbocycles. The predicted octanol–water partition coefficient (Wildman–Crippen LogP) is 2.99. The third-order valence-corrected chi connectivity index (χ3v) is 2.92. The first-order valence-electron chi connectivity index (χ1n) is 4.68. The molecule has 2 aromatic rings. The van der Waals surface area contributed by atoms with Crippen molar-refractivity contribution in [2.75, 3.05) is 11.9 Å². The molecule has 0 amide bonds. The van der Waals surface area contributed by atoms with Gasteiger partial charge in [0.05, 0.1) is 6.20 Å². The van der Waals surface area contributed by atoms with E-state index < -0.39 is 5.82 Å². The molecule has 6 heteroatoms. The zero-order valence-electron chi connectivity index (χ0n) is 8.28. The SMILES string of the molecule is Fc1cnc(Cl)nc1NCCc1ccsc1. The summed E-state index contributed by atoms with van der Waals surface area (Å²) in [6.45, 7) is 0.612. The standard InChI is InChI=1S/C10H9ClFN3S/c11-10-14-5-8(12)9(15-10)13-3-1-7-2-4-16-6-7/h2,4-6H,1,3H2,(H,13,14,15). The molecule has 0 aliphatic carbocycles. The summed E-state index contributed by atoms with van der Waals surface area (Å²) in [5.74, 6) is -0.343. The molecule has 84 valence electrons. The number of hydrogen-bond donors (Lipinski definition) is 1. The van der Waals surface area contributed by atoms with E-state index in [1.807, 2.05) is 11.4 Å². The Kier molecular flexibility index (Phi) is 3.69. The molecule has 0 aliphatic heterocycles. The van der Waals surface area contributed by atoms with Crippen LogP contribution in [0.15, 0.2) is 23.0 Å². The highest BCUT2D eigenvalue weighted by atomic mass is 35.5. The van der Waals surface area contributed by atoms with Crippen molar-refractivity contribution < 1.29 is 4.39 Å². The van der Waals surface area contributed by atoms with E-state index in [4.69, 9.17) is 11.6 Å². The van der Waals surface area contributed by atoms with Gasteiger partial charge in [-0.2, -0.15) is 16.3 Å². The third-order valence-electron chi connectivity index (χ3n) is 2.00. The van der Waals surface area contributed by atoms with E-state index in [2.05, 4.69) is 20.7 Å². The van der Waals surface area contributed by atoms with Crippen molar-refractivity contribution in [1.82, 2.24) is 9.97 Å². The summed E-state index contributed by atoms with van der Waals surface area (Å²) in [6, 6.07) is 2.04. The second-order valence-electron chi connectivity index (χ2n) is 3.14. The molecule has 16 heavy (non-hydrogen) atoms. The first kappa shape index (κ1) is 11.3. The van der Waals surface area contributed by atoms with Gasteiger partial charge in [-0.15, -0.1) is 0 Å². The number of nitrogens with one attached hydrogen (secondary N) is 1. The maximum atomic E-state index is 13.2. The van der Waals surface area contributed by atoms with E-state index >= 15 is 0 Å². The van der Waals surface area contributed by atoms with Crippen LogP contribution in [0, 0.1) is 5.82 Å². The van der Waals surface area contributed by atoms with Gasteiger partial charge in [0.2, 0.25) is 5.28 Å². The molecule has 0 bridgehead atoms. The fourth-order valence-electron chi connectivity index (χ4n) is 1.23. The molecule has 0 aliphatic rings. The molecule has 0 atom stereocenters. The first-order valence-corrected chi connectivity index (χ1v) is 6.01. The molecular weight excluding hydrogens is 249 g/mol. The average Bonchev–Trinajstić information content (AvgIpc) is 2.76. The molecule has 0 unspecified atom stereocenters. The van der Waals surface area contributed by atoms with E-state index in [0.717, 1.165) is 12.6 Å². The number of anilines is 1. The lowest BCUT2D eigenvalue weighted by molar-refractivity contribution is 0.616. The number of nitrogens with zero attached hydrogens (tertiary/aromatic N) is 2. The second-order valence-corrected chi connectivity index (χ2v) is 4.26. The highest BCUT2D eigenvalue weighted by Gasteiger charge is 2.04. The molecule has 3 nitrogen and oxygen atoms in total. The summed E-state index contributed by atoms with van der Waals surface area (Å²) in [4.78, 5) is 7.30. The van der Waals surface area contributed by atoms with Crippen LogP contribution in [0.4, 0.5) is 10.2 Å². The van der Waals surface area contributed by atoms with Crippen molar-refractivity contribution in [3.8, 4) is 0 Å². The summed E-state index contributed by atoms with van der Waals surface area (Å²) in [5, 5.41) is 7.00. The molecule has 0 saturated heterocycles. The van der Waals surface area contributed by atoms with Gasteiger partial charge < -0.3 is 5.32 Å². The minimum Gasteiger partial charge on any atom is -0.367 e. The highest BCUT2D eigenvalue weighted by Crippen LogP contribution is 2.12. The molecule has 2 heterocycles. The Bertz CT molecular complexity index is 461. The van der Waals surface area contributed by atoms with Gasteiger partial charge in [-0.1, -0.05) is 0 Å². The molecule has 0 spiro atoms. The zero-order chi connectivity index (χ0) is 11.4. The van der Waals surface area contributed by atoms with E-state index in [0.29, 0.717) is 6.54 Å². The van der Waals surface area contributed by atoms with Crippen LogP contribution in [-0.2, 0) is 6.42 Å². The number of halogens is 2. The average molecular weight is 258 g/mol. The molecule has 2 rings (SSSR count). The van der Waals surface area contributed by atoms with Crippen LogP contribution in [-0.4, -0.2) is 16.5 Å². The van der Waals surface area contributed by atoms with Crippen LogP contribution in [0.3, 0.4) is 0 Å². The van der Waals surface area contributed by atoms with Gasteiger partial charge >= 0.3 is 0 Å². The van der Waals surface area contributed by atoms with Crippen molar-refractivity contribution >= 4 is 28.8 Å². The Morgan fingerprint density at radius 2 is 2.38 bits per heavy atom. The fourth-order valence-corrected chi connectivity index (χ4v) is 2.07.